The van der Waals surface area contributed by atoms with Crippen LogP contribution in [0.3, 0.4) is 0 Å². The van der Waals surface area contributed by atoms with Crippen LogP contribution in [0.15, 0.2) is 35.4 Å². The number of rotatable bonds is 4. The van der Waals surface area contributed by atoms with E-state index in [1.807, 2.05) is 0 Å². The Labute approximate surface area is 122 Å². The Morgan fingerprint density at radius 3 is 2.73 bits per heavy atom. The number of hydrogen-bond donors (Lipinski definition) is 1. The van der Waals surface area contributed by atoms with Crippen LogP contribution in [-0.4, -0.2) is 38.2 Å². The molecular weight excluding hydrogens is 303 g/mol. The van der Waals surface area contributed by atoms with Crippen molar-refractivity contribution in [2.75, 3.05) is 6.54 Å². The minimum atomic E-state index is -4.52. The third kappa shape index (κ3) is 3.71. The van der Waals surface area contributed by atoms with Crippen molar-refractivity contribution in [2.45, 2.75) is 19.1 Å². The van der Waals surface area contributed by atoms with Gasteiger partial charge in [0.05, 0.1) is 0 Å². The number of amides is 1. The molecule has 0 saturated heterocycles. The summed E-state index contributed by atoms with van der Waals surface area (Å²) in [6.45, 7) is -0.184. The molecule has 1 N–H and O–H groups in total. The molecule has 0 aliphatic heterocycles. The van der Waals surface area contributed by atoms with E-state index in [4.69, 9.17) is 0 Å². The fourth-order valence-electron chi connectivity index (χ4n) is 1.67. The van der Waals surface area contributed by atoms with Crippen molar-refractivity contribution in [3.8, 4) is 5.82 Å². The Morgan fingerprint density at radius 2 is 2.14 bits per heavy atom. The molecule has 22 heavy (non-hydrogen) atoms. The maximum absolute atomic E-state index is 12.1. The van der Waals surface area contributed by atoms with Crippen molar-refractivity contribution in [1.29, 1.82) is 0 Å². The maximum Gasteiger partial charge on any atom is 0.405 e. The Morgan fingerprint density at radius 1 is 1.41 bits per heavy atom. The summed E-state index contributed by atoms with van der Waals surface area (Å²) in [6.07, 6.45) is -1.45. The van der Waals surface area contributed by atoms with Gasteiger partial charge in [0.15, 0.2) is 5.82 Å². The summed E-state index contributed by atoms with van der Waals surface area (Å²) in [7, 11) is 0. The first-order valence-electron chi connectivity index (χ1n) is 6.22. The molecule has 0 spiro atoms. The number of nitrogens with one attached hydrogen (secondary N) is 1. The highest BCUT2D eigenvalue weighted by atomic mass is 19.4. The fourth-order valence-corrected chi connectivity index (χ4v) is 1.67. The zero-order valence-corrected chi connectivity index (χ0v) is 11.4. The van der Waals surface area contributed by atoms with Crippen LogP contribution >= 0.6 is 0 Å². The summed E-state index contributed by atoms with van der Waals surface area (Å²) in [6, 6.07) is 3.01. The molecule has 1 unspecified atom stereocenters. The lowest BCUT2D eigenvalue weighted by Gasteiger charge is -2.15. The number of carbonyl (C=O) groups is 1. The zero-order valence-electron chi connectivity index (χ0n) is 11.4. The Hall–Kier alpha value is -2.65. The minimum Gasteiger partial charge on any atom is -0.345 e. The summed E-state index contributed by atoms with van der Waals surface area (Å²) >= 11 is 0. The van der Waals surface area contributed by atoms with Gasteiger partial charge in [0.25, 0.3) is 5.56 Å². The fraction of sp³-hybridized carbons (Fsp3) is 0.333. The van der Waals surface area contributed by atoms with E-state index in [0.717, 1.165) is 10.7 Å². The van der Waals surface area contributed by atoms with Crippen LogP contribution in [-0.2, 0) is 4.79 Å². The van der Waals surface area contributed by atoms with E-state index in [1.54, 1.807) is 17.6 Å². The van der Waals surface area contributed by atoms with Crippen molar-refractivity contribution in [3.05, 3.63) is 40.9 Å². The second-order valence-electron chi connectivity index (χ2n) is 4.43. The lowest BCUT2D eigenvalue weighted by Crippen LogP contribution is -2.41. The third-order valence-corrected chi connectivity index (χ3v) is 2.76. The molecular formula is C12H12F3N5O2. The topological polar surface area (TPSA) is 81.8 Å². The van der Waals surface area contributed by atoms with Crippen LogP contribution < -0.4 is 10.9 Å². The minimum absolute atomic E-state index is 0.264. The van der Waals surface area contributed by atoms with E-state index < -0.39 is 30.2 Å². The van der Waals surface area contributed by atoms with Crippen LogP contribution in [0.5, 0.6) is 0 Å². The molecule has 2 rings (SSSR count). The largest absolute Gasteiger partial charge is 0.405 e. The van der Waals surface area contributed by atoms with Gasteiger partial charge in [-0.15, -0.1) is 5.10 Å². The first-order valence-corrected chi connectivity index (χ1v) is 6.22. The lowest BCUT2D eigenvalue weighted by molar-refractivity contribution is -0.140. The zero-order chi connectivity index (χ0) is 16.3. The molecule has 0 fully saturated rings. The summed E-state index contributed by atoms with van der Waals surface area (Å²) in [5.74, 6) is -0.690. The molecule has 1 amide bonds. The van der Waals surface area contributed by atoms with Crippen LogP contribution in [0.1, 0.15) is 13.0 Å². The molecule has 2 aromatic rings. The molecule has 0 aliphatic carbocycles. The average Bonchev–Trinajstić information content (AvgIpc) is 2.98. The van der Waals surface area contributed by atoms with Gasteiger partial charge in [0.2, 0.25) is 5.91 Å². The summed E-state index contributed by atoms with van der Waals surface area (Å²) in [5.41, 5.74) is -0.606. The number of alkyl halides is 3. The Bertz CT molecular complexity index is 708. The van der Waals surface area contributed by atoms with Crippen molar-refractivity contribution in [2.24, 2.45) is 0 Å². The van der Waals surface area contributed by atoms with E-state index in [9.17, 15) is 22.8 Å². The average molecular weight is 315 g/mol. The van der Waals surface area contributed by atoms with Gasteiger partial charge in [0, 0.05) is 18.5 Å². The van der Waals surface area contributed by atoms with Crippen LogP contribution in [0.2, 0.25) is 0 Å². The van der Waals surface area contributed by atoms with Gasteiger partial charge < -0.3 is 5.32 Å². The second kappa shape index (κ2) is 6.00. The second-order valence-corrected chi connectivity index (χ2v) is 4.43. The van der Waals surface area contributed by atoms with Gasteiger partial charge in [-0.05, 0) is 19.1 Å². The number of halogens is 3. The van der Waals surface area contributed by atoms with E-state index in [0.29, 0.717) is 0 Å². The Kier molecular flexibility index (Phi) is 4.29. The summed E-state index contributed by atoms with van der Waals surface area (Å²) < 4.78 is 38.5. The van der Waals surface area contributed by atoms with Gasteiger partial charge in [-0.3, -0.25) is 9.59 Å². The van der Waals surface area contributed by atoms with Gasteiger partial charge in [0.1, 0.15) is 12.6 Å². The van der Waals surface area contributed by atoms with Crippen molar-refractivity contribution >= 4 is 5.91 Å². The van der Waals surface area contributed by atoms with Crippen LogP contribution in [0.25, 0.3) is 5.82 Å². The quantitative estimate of drug-likeness (QED) is 0.899. The molecule has 2 heterocycles. The standard InChI is InChI=1S/C12H12F3N5O2/c1-8(11(22)16-7-12(13,14)15)20-10(21)4-3-9(18-20)19-6-2-5-17-19/h2-6,8H,7H2,1H3,(H,16,22). The molecule has 118 valence electrons. The first-order chi connectivity index (χ1) is 10.3. The molecule has 0 radical (unpaired) electrons. The predicted octanol–water partition coefficient (Wildman–Crippen LogP) is 0.669. The smallest absolute Gasteiger partial charge is 0.345 e. The number of nitrogens with zero attached hydrogens (tertiary/aromatic N) is 4. The van der Waals surface area contributed by atoms with Gasteiger partial charge in [-0.2, -0.15) is 18.3 Å². The number of hydrogen-bond acceptors (Lipinski definition) is 4. The van der Waals surface area contributed by atoms with Crippen molar-refractivity contribution in [1.82, 2.24) is 24.9 Å². The lowest BCUT2D eigenvalue weighted by atomic mass is 10.3. The monoisotopic (exact) mass is 315 g/mol. The van der Waals surface area contributed by atoms with E-state index in [1.165, 1.54) is 23.9 Å². The SMILES string of the molecule is CC(C(=O)NCC(F)(F)F)n1nc(-n2cccn2)ccc1=O. The van der Waals surface area contributed by atoms with Gasteiger partial charge >= 0.3 is 6.18 Å². The molecule has 0 aromatic carbocycles. The molecule has 1 atom stereocenters. The van der Waals surface area contributed by atoms with E-state index in [-0.39, 0.29) is 5.82 Å². The predicted molar refractivity (Wildman–Crippen MR) is 69.4 cm³/mol. The third-order valence-electron chi connectivity index (χ3n) is 2.76. The van der Waals surface area contributed by atoms with E-state index >= 15 is 0 Å². The Balaban J connectivity index is 2.22. The number of carbonyl (C=O) groups excluding carboxylic acids is 1. The van der Waals surface area contributed by atoms with Gasteiger partial charge in [-0.25, -0.2) is 9.36 Å². The highest BCUT2D eigenvalue weighted by molar-refractivity contribution is 5.79. The van der Waals surface area contributed by atoms with Crippen LogP contribution in [0, 0.1) is 0 Å². The molecule has 0 bridgehead atoms. The first kappa shape index (κ1) is 15.7. The summed E-state index contributed by atoms with van der Waals surface area (Å²) in [4.78, 5) is 23.5. The molecule has 0 saturated carbocycles. The summed E-state index contributed by atoms with van der Waals surface area (Å²) in [5, 5.41) is 9.58. The van der Waals surface area contributed by atoms with Crippen molar-refractivity contribution < 1.29 is 18.0 Å². The molecule has 2 aromatic heterocycles. The van der Waals surface area contributed by atoms with Crippen molar-refractivity contribution in [3.63, 3.8) is 0 Å². The van der Waals surface area contributed by atoms with Gasteiger partial charge in [-0.1, -0.05) is 0 Å². The maximum atomic E-state index is 12.1. The number of aromatic nitrogens is 4. The highest BCUT2D eigenvalue weighted by Gasteiger charge is 2.29. The van der Waals surface area contributed by atoms with Crippen LogP contribution in [0.4, 0.5) is 13.2 Å². The molecule has 7 nitrogen and oxygen atoms in total. The molecule has 10 heteroatoms. The van der Waals surface area contributed by atoms with E-state index in [2.05, 4.69) is 10.2 Å². The normalized spacial score (nSPS) is 12.9. The molecule has 0 aliphatic rings. The highest BCUT2D eigenvalue weighted by Crippen LogP contribution is 2.13.